The topological polar surface area (TPSA) is 88.1 Å². The number of carbonyl (C=O) groups excluding carboxylic acids is 2. The second-order valence-corrected chi connectivity index (χ2v) is 8.16. The summed E-state index contributed by atoms with van der Waals surface area (Å²) in [6, 6.07) is 9.45. The van der Waals surface area contributed by atoms with Crippen LogP contribution in [0.1, 0.15) is 40.1 Å². The van der Waals surface area contributed by atoms with Crippen molar-refractivity contribution in [2.75, 3.05) is 6.54 Å². The van der Waals surface area contributed by atoms with Gasteiger partial charge in [-0.1, -0.05) is 41.4 Å². The second-order valence-electron chi connectivity index (χ2n) is 7.42. The predicted molar refractivity (Wildman–Crippen MR) is 118 cm³/mol. The molecule has 31 heavy (non-hydrogen) atoms. The van der Waals surface area contributed by atoms with Gasteiger partial charge in [-0.15, -0.1) is 0 Å². The van der Waals surface area contributed by atoms with Gasteiger partial charge in [-0.05, 0) is 37.1 Å². The van der Waals surface area contributed by atoms with Crippen molar-refractivity contribution in [3.63, 3.8) is 0 Å². The third-order valence-corrected chi connectivity index (χ3v) is 5.53. The Morgan fingerprint density at radius 2 is 2.03 bits per heavy atom. The van der Waals surface area contributed by atoms with E-state index in [2.05, 4.69) is 20.3 Å². The average molecular weight is 456 g/mol. The van der Waals surface area contributed by atoms with E-state index < -0.39 is 0 Å². The van der Waals surface area contributed by atoms with E-state index in [4.69, 9.17) is 23.2 Å². The highest BCUT2D eigenvalue weighted by Crippen LogP contribution is 2.30. The van der Waals surface area contributed by atoms with Gasteiger partial charge in [0.25, 0.3) is 5.91 Å². The summed E-state index contributed by atoms with van der Waals surface area (Å²) in [7, 11) is 0. The van der Waals surface area contributed by atoms with Gasteiger partial charge in [0.1, 0.15) is 6.54 Å². The van der Waals surface area contributed by atoms with Crippen LogP contribution in [-0.4, -0.2) is 38.2 Å². The van der Waals surface area contributed by atoms with Gasteiger partial charge in [-0.25, -0.2) is 9.97 Å². The molecule has 0 radical (unpaired) electrons. The van der Waals surface area contributed by atoms with Crippen LogP contribution in [0.2, 0.25) is 10.3 Å². The Morgan fingerprint density at radius 1 is 1.23 bits per heavy atom. The third-order valence-electron chi connectivity index (χ3n) is 5.07. The molecule has 4 rings (SSSR count). The number of pyridine rings is 1. The fourth-order valence-electron chi connectivity index (χ4n) is 3.52. The molecule has 1 aromatic carbocycles. The zero-order valence-electron chi connectivity index (χ0n) is 16.9. The van der Waals surface area contributed by atoms with Crippen molar-refractivity contribution in [1.29, 1.82) is 0 Å². The molecule has 7 nitrogen and oxygen atoms in total. The number of aromatic nitrogens is 3. The highest BCUT2D eigenvalue weighted by Gasteiger charge is 2.31. The summed E-state index contributed by atoms with van der Waals surface area (Å²) in [4.78, 5) is 39.2. The number of nitrogens with zero attached hydrogens (tertiary/aromatic N) is 4. The summed E-state index contributed by atoms with van der Waals surface area (Å²) in [5.41, 5.74) is 4.10. The van der Waals surface area contributed by atoms with Gasteiger partial charge in [-0.2, -0.15) is 0 Å². The largest absolute Gasteiger partial charge is 0.348 e. The molecular weight excluding hydrogens is 437 g/mol. The fourth-order valence-corrected chi connectivity index (χ4v) is 3.85. The summed E-state index contributed by atoms with van der Waals surface area (Å²) >= 11 is 12.0. The molecular formula is C22H19Cl2N5O2. The van der Waals surface area contributed by atoms with E-state index in [0.717, 1.165) is 11.1 Å². The standard InChI is InChI=1S/C22H19Cl2N5O2/c1-12-4-3-5-14(6-12)13(2)27-19(30)11-29-10-18-16(21(29)31)7-15(8-25-18)20-17(23)9-26-22(24)28-20/h3-9,13H,10-11H2,1-2H3,(H,27,30). The minimum absolute atomic E-state index is 0.0484. The van der Waals surface area contributed by atoms with E-state index in [1.54, 1.807) is 12.3 Å². The number of amides is 2. The van der Waals surface area contributed by atoms with Crippen LogP contribution in [0.25, 0.3) is 11.3 Å². The Labute approximate surface area is 189 Å². The highest BCUT2D eigenvalue weighted by molar-refractivity contribution is 6.33. The van der Waals surface area contributed by atoms with Crippen molar-refractivity contribution >= 4 is 35.0 Å². The van der Waals surface area contributed by atoms with E-state index in [9.17, 15) is 9.59 Å². The molecule has 0 aliphatic carbocycles. The molecule has 0 bridgehead atoms. The Hall–Kier alpha value is -3.03. The maximum absolute atomic E-state index is 12.9. The zero-order valence-corrected chi connectivity index (χ0v) is 18.4. The van der Waals surface area contributed by atoms with Crippen LogP contribution in [-0.2, 0) is 11.3 Å². The van der Waals surface area contributed by atoms with Crippen molar-refractivity contribution in [2.45, 2.75) is 26.4 Å². The van der Waals surface area contributed by atoms with Crippen molar-refractivity contribution in [3.05, 3.63) is 75.4 Å². The van der Waals surface area contributed by atoms with Crippen molar-refractivity contribution < 1.29 is 9.59 Å². The van der Waals surface area contributed by atoms with E-state index in [1.807, 2.05) is 38.1 Å². The van der Waals surface area contributed by atoms with Gasteiger partial charge >= 0.3 is 0 Å². The van der Waals surface area contributed by atoms with Crippen LogP contribution in [0.3, 0.4) is 0 Å². The molecule has 9 heteroatoms. The summed E-state index contributed by atoms with van der Waals surface area (Å²) in [6.07, 6.45) is 2.98. The van der Waals surface area contributed by atoms with E-state index in [-0.39, 0.29) is 36.2 Å². The molecule has 1 aliphatic rings. The van der Waals surface area contributed by atoms with Crippen LogP contribution < -0.4 is 5.32 Å². The van der Waals surface area contributed by atoms with Gasteiger partial charge in [0, 0.05) is 11.8 Å². The molecule has 3 aromatic rings. The number of fused-ring (bicyclic) bond motifs is 1. The first kappa shape index (κ1) is 21.2. The Bertz CT molecular complexity index is 1180. The lowest BCUT2D eigenvalue weighted by molar-refractivity contribution is -0.122. The average Bonchev–Trinajstić information content (AvgIpc) is 3.04. The molecule has 3 heterocycles. The smallest absolute Gasteiger partial charge is 0.256 e. The Morgan fingerprint density at radius 3 is 2.81 bits per heavy atom. The fraction of sp³-hybridized carbons (Fsp3) is 0.227. The number of carbonyl (C=O) groups is 2. The van der Waals surface area contributed by atoms with Crippen LogP contribution in [0, 0.1) is 6.92 Å². The molecule has 1 unspecified atom stereocenters. The molecule has 2 aromatic heterocycles. The first-order chi connectivity index (χ1) is 14.8. The summed E-state index contributed by atoms with van der Waals surface area (Å²) in [5.74, 6) is -0.500. The lowest BCUT2D eigenvalue weighted by atomic mass is 10.1. The summed E-state index contributed by atoms with van der Waals surface area (Å²) in [5, 5.41) is 3.30. The lowest BCUT2D eigenvalue weighted by Crippen LogP contribution is -2.38. The molecule has 0 saturated carbocycles. The van der Waals surface area contributed by atoms with Crippen LogP contribution >= 0.6 is 23.2 Å². The molecule has 0 spiro atoms. The first-order valence-corrected chi connectivity index (χ1v) is 10.4. The molecule has 1 N–H and O–H groups in total. The molecule has 1 atom stereocenters. The molecule has 0 fully saturated rings. The maximum atomic E-state index is 12.9. The number of hydrogen-bond acceptors (Lipinski definition) is 5. The second kappa shape index (κ2) is 8.61. The van der Waals surface area contributed by atoms with Gasteiger partial charge in [0.2, 0.25) is 11.2 Å². The maximum Gasteiger partial charge on any atom is 0.256 e. The number of benzene rings is 1. The zero-order chi connectivity index (χ0) is 22.1. The third kappa shape index (κ3) is 4.52. The normalized spacial score (nSPS) is 13.8. The molecule has 0 saturated heterocycles. The minimum Gasteiger partial charge on any atom is -0.348 e. The van der Waals surface area contributed by atoms with Crippen molar-refractivity contribution in [2.24, 2.45) is 0 Å². The molecule has 2 amide bonds. The molecule has 1 aliphatic heterocycles. The summed E-state index contributed by atoms with van der Waals surface area (Å²) < 4.78 is 0. The summed E-state index contributed by atoms with van der Waals surface area (Å²) in [6.45, 7) is 4.12. The minimum atomic E-state index is -0.265. The SMILES string of the molecule is Cc1cccc(C(C)NC(=O)CN2Cc3ncc(-c4nc(Cl)ncc4Cl)cc3C2=O)c1. The Balaban J connectivity index is 1.47. The molecule has 158 valence electrons. The quantitative estimate of drug-likeness (QED) is 0.587. The van der Waals surface area contributed by atoms with Gasteiger partial charge in [0.15, 0.2) is 0 Å². The number of rotatable bonds is 5. The van der Waals surface area contributed by atoms with Gasteiger partial charge < -0.3 is 10.2 Å². The van der Waals surface area contributed by atoms with Crippen molar-refractivity contribution in [1.82, 2.24) is 25.2 Å². The lowest BCUT2D eigenvalue weighted by Gasteiger charge is -2.19. The van der Waals surface area contributed by atoms with Crippen LogP contribution in [0.5, 0.6) is 0 Å². The van der Waals surface area contributed by atoms with Gasteiger partial charge in [0.05, 0.1) is 40.8 Å². The number of nitrogens with one attached hydrogen (secondary N) is 1. The van der Waals surface area contributed by atoms with E-state index >= 15 is 0 Å². The Kier molecular flexibility index (Phi) is 5.89. The first-order valence-electron chi connectivity index (χ1n) is 9.64. The van der Waals surface area contributed by atoms with Crippen LogP contribution in [0.15, 0.2) is 42.7 Å². The van der Waals surface area contributed by atoms with E-state index in [1.165, 1.54) is 11.1 Å². The monoisotopic (exact) mass is 455 g/mol. The number of aryl methyl sites for hydroxylation is 1. The van der Waals surface area contributed by atoms with E-state index in [0.29, 0.717) is 27.5 Å². The highest BCUT2D eigenvalue weighted by atomic mass is 35.5. The van der Waals surface area contributed by atoms with Crippen LogP contribution in [0.4, 0.5) is 0 Å². The predicted octanol–water partition coefficient (Wildman–Crippen LogP) is 3.99. The van der Waals surface area contributed by atoms with Crippen molar-refractivity contribution in [3.8, 4) is 11.3 Å². The number of halogens is 2. The number of hydrogen-bond donors (Lipinski definition) is 1. The van der Waals surface area contributed by atoms with Gasteiger partial charge in [-0.3, -0.25) is 14.6 Å².